The van der Waals surface area contributed by atoms with Gasteiger partial charge in [-0.3, -0.25) is 4.79 Å². The summed E-state index contributed by atoms with van der Waals surface area (Å²) >= 11 is 0. The summed E-state index contributed by atoms with van der Waals surface area (Å²) < 4.78 is 0. The van der Waals surface area contributed by atoms with Gasteiger partial charge < -0.3 is 5.11 Å². The molecule has 1 N–H and O–H groups in total. The third-order valence-electron chi connectivity index (χ3n) is 3.41. The van der Waals surface area contributed by atoms with Crippen LogP contribution in [0.3, 0.4) is 0 Å². The predicted molar refractivity (Wildman–Crippen MR) is 80.4 cm³/mol. The monoisotopic (exact) mass is 266 g/mol. The third kappa shape index (κ3) is 14.5. The average Bonchev–Trinajstić information content (AvgIpc) is 2.31. The second-order valence-electron chi connectivity index (χ2n) is 5.21. The Morgan fingerprint density at radius 1 is 0.889 bits per heavy atom. The number of rotatable bonds is 12. The van der Waals surface area contributed by atoms with Crippen molar-refractivity contribution in [1.82, 2.24) is 0 Å². The second kappa shape index (κ2) is 15.5. The first-order valence-corrected chi connectivity index (χ1v) is 7.41. The van der Waals surface area contributed by atoms with Gasteiger partial charge in [0, 0.05) is 0 Å². The molecular weight excluding hydrogens is 235 g/mol. The second-order valence-corrected chi connectivity index (χ2v) is 5.21. The van der Waals surface area contributed by atoms with Gasteiger partial charge in [0.1, 0.15) is 0 Å². The van der Waals surface area contributed by atoms with E-state index in [2.05, 4.69) is 6.92 Å². The number of carboxylic acids is 1. The minimum atomic E-state index is -0.652. The van der Waals surface area contributed by atoms with Crippen molar-refractivity contribution < 1.29 is 9.90 Å². The Kier molecular flexibility index (Phi) is 17.9. The fraction of sp³-hybridized carbons (Fsp3) is 0.933. The van der Waals surface area contributed by atoms with Crippen molar-refractivity contribution in [3.8, 4) is 0 Å². The van der Waals surface area contributed by atoms with Crippen LogP contribution in [0.5, 0.6) is 0 Å². The first-order chi connectivity index (χ1) is 8.18. The van der Waals surface area contributed by atoms with Gasteiger partial charge in [-0.2, -0.15) is 0 Å². The predicted octanol–water partition coefficient (Wildman–Crippen LogP) is 4.37. The summed E-state index contributed by atoms with van der Waals surface area (Å²) in [5, 5.41) is 8.73. The van der Waals surface area contributed by atoms with Crippen molar-refractivity contribution in [3.05, 3.63) is 0 Å². The van der Waals surface area contributed by atoms with Gasteiger partial charge in [0.2, 0.25) is 0 Å². The number of carbonyl (C=O) groups is 1. The number of hydrogen-bond donors (Lipinski definition) is 1. The summed E-state index contributed by atoms with van der Waals surface area (Å²) in [7, 11) is 0. The maximum absolute atomic E-state index is 10.6. The average molecular weight is 266 g/mol. The van der Waals surface area contributed by atoms with Gasteiger partial charge in [0.05, 0.1) is 5.92 Å². The Labute approximate surface area is 135 Å². The zero-order valence-corrected chi connectivity index (χ0v) is 11.7. The van der Waals surface area contributed by atoms with Crippen LogP contribution < -0.4 is 0 Å². The van der Waals surface area contributed by atoms with E-state index in [4.69, 9.17) is 5.11 Å². The van der Waals surface area contributed by atoms with Gasteiger partial charge in [-0.25, -0.2) is 0 Å². The van der Waals surface area contributed by atoms with Crippen molar-refractivity contribution in [1.29, 1.82) is 0 Å². The molecule has 0 saturated carbocycles. The minimum absolute atomic E-state index is 0. The van der Waals surface area contributed by atoms with Crippen LogP contribution in [0.1, 0.15) is 84.5 Å². The first-order valence-electron chi connectivity index (χ1n) is 7.41. The molecule has 0 fully saturated rings. The van der Waals surface area contributed by atoms with Crippen molar-refractivity contribution in [2.24, 2.45) is 5.92 Å². The molecule has 18 heavy (non-hydrogen) atoms. The summed E-state index contributed by atoms with van der Waals surface area (Å²) in [6.07, 6.45) is 13.9. The van der Waals surface area contributed by atoms with Crippen molar-refractivity contribution in [2.75, 3.05) is 0 Å². The van der Waals surface area contributed by atoms with Gasteiger partial charge in [-0.15, -0.1) is 0 Å². The molecule has 0 saturated heterocycles. The van der Waals surface area contributed by atoms with Gasteiger partial charge in [-0.05, 0) is 6.42 Å². The van der Waals surface area contributed by atoms with E-state index in [-0.39, 0.29) is 35.5 Å². The van der Waals surface area contributed by atoms with E-state index < -0.39 is 5.97 Å². The van der Waals surface area contributed by atoms with Crippen LogP contribution in [-0.2, 0) is 4.79 Å². The fourth-order valence-electron chi connectivity index (χ4n) is 2.06. The van der Waals surface area contributed by atoms with E-state index in [1.807, 2.05) is 0 Å². The Morgan fingerprint density at radius 3 is 1.67 bits per heavy atom. The molecule has 2 nitrogen and oxygen atoms in total. The van der Waals surface area contributed by atoms with Crippen LogP contribution in [0, 0.1) is 5.92 Å². The molecule has 1 unspecified atom stereocenters. The van der Waals surface area contributed by atoms with Crippen molar-refractivity contribution in [3.63, 3.8) is 0 Å². The summed E-state index contributed by atoms with van der Waals surface area (Å²) in [4.78, 5) is 10.6. The van der Waals surface area contributed by atoms with Gasteiger partial charge in [-0.1, -0.05) is 78.1 Å². The first kappa shape index (κ1) is 20.8. The normalized spacial score (nSPS) is 11.9. The Bertz CT molecular complexity index is 183. The van der Waals surface area contributed by atoms with Gasteiger partial charge in [0.25, 0.3) is 0 Å². The summed E-state index contributed by atoms with van der Waals surface area (Å²) in [5.41, 5.74) is 0. The molecule has 0 spiro atoms. The molecule has 0 rings (SSSR count). The van der Waals surface area contributed by atoms with E-state index in [1.165, 1.54) is 57.8 Å². The number of aliphatic carboxylic acids is 1. The van der Waals surface area contributed by atoms with Crippen LogP contribution in [-0.4, -0.2) is 40.6 Å². The zero-order chi connectivity index (χ0) is 12.9. The molecule has 0 aliphatic heterocycles. The van der Waals surface area contributed by atoms with Crippen LogP contribution in [0.2, 0.25) is 0 Å². The third-order valence-corrected chi connectivity index (χ3v) is 3.41. The molecule has 0 amide bonds. The zero-order valence-electron chi connectivity index (χ0n) is 11.7. The molecule has 104 valence electrons. The van der Waals surface area contributed by atoms with Crippen molar-refractivity contribution in [2.45, 2.75) is 84.5 Å². The van der Waals surface area contributed by atoms with E-state index in [0.717, 1.165) is 12.8 Å². The SMILES string of the molecule is CCCCCCCCCCCCC(C)C(=O)O.[NaH]. The summed E-state index contributed by atoms with van der Waals surface area (Å²) in [6, 6.07) is 0. The molecule has 0 bridgehead atoms. The Balaban J connectivity index is 0. The molecule has 0 aliphatic carbocycles. The molecule has 3 heteroatoms. The molecule has 0 aromatic heterocycles. The van der Waals surface area contributed by atoms with Gasteiger partial charge in [0.15, 0.2) is 0 Å². The molecule has 1 atom stereocenters. The van der Waals surface area contributed by atoms with Crippen LogP contribution in [0.25, 0.3) is 0 Å². The summed E-state index contributed by atoms with van der Waals surface area (Å²) in [6.45, 7) is 4.05. The number of carboxylic acid groups (broad SMARTS) is 1. The van der Waals surface area contributed by atoms with Gasteiger partial charge >= 0.3 is 35.5 Å². The fourth-order valence-corrected chi connectivity index (χ4v) is 2.06. The molecule has 0 aromatic rings. The van der Waals surface area contributed by atoms with E-state index in [9.17, 15) is 4.79 Å². The number of unbranched alkanes of at least 4 members (excludes halogenated alkanes) is 9. The molecule has 0 aliphatic rings. The molecule has 0 heterocycles. The standard InChI is InChI=1S/C15H30O2.Na.H/c1-3-4-5-6-7-8-9-10-11-12-13-14(2)15(16)17;;/h14H,3-13H2,1-2H3,(H,16,17);;. The van der Waals surface area contributed by atoms with Crippen LogP contribution in [0.15, 0.2) is 0 Å². The Hall–Kier alpha value is 0.470. The maximum atomic E-state index is 10.6. The van der Waals surface area contributed by atoms with Crippen molar-refractivity contribution >= 4 is 35.5 Å². The quantitative estimate of drug-likeness (QED) is 0.420. The molecule has 0 aromatic carbocycles. The van der Waals surface area contributed by atoms with Crippen LogP contribution in [0.4, 0.5) is 0 Å². The van der Waals surface area contributed by atoms with E-state index in [1.54, 1.807) is 6.92 Å². The molecular formula is C15H31NaO2. The Morgan fingerprint density at radius 2 is 1.28 bits per heavy atom. The summed E-state index contributed by atoms with van der Waals surface area (Å²) in [5.74, 6) is -0.815. The number of hydrogen-bond acceptors (Lipinski definition) is 1. The van der Waals surface area contributed by atoms with Crippen LogP contribution >= 0.6 is 0 Å². The molecule has 0 radical (unpaired) electrons. The topological polar surface area (TPSA) is 37.3 Å². The van der Waals surface area contributed by atoms with E-state index >= 15 is 0 Å². The van der Waals surface area contributed by atoms with E-state index in [0.29, 0.717) is 0 Å².